The molecule has 30 heavy (non-hydrogen) atoms. The Balaban J connectivity index is 1.62. The van der Waals surface area contributed by atoms with Crippen molar-refractivity contribution < 1.29 is 13.9 Å². The largest absolute Gasteiger partial charge is 0.493 e. The van der Waals surface area contributed by atoms with Crippen LogP contribution in [0.5, 0.6) is 11.5 Å². The summed E-state index contributed by atoms with van der Waals surface area (Å²) in [4.78, 5) is 2.13. The number of benzene rings is 2. The van der Waals surface area contributed by atoms with Crippen LogP contribution in [0.4, 0.5) is 15.9 Å². The standard InChI is InChI=1S/C22H24ClFN4O2/c1-28(2)7-4-8-30-20-10-13-9-16-21(15(13)12-19(20)29-3)26-27-22(16)25-14-5-6-18(24)17(23)11-14/h5-6,9-12,25-27H,4,7-8H2,1-3H3. The van der Waals surface area contributed by atoms with Crippen LogP contribution >= 0.6 is 11.6 Å². The summed E-state index contributed by atoms with van der Waals surface area (Å²) < 4.78 is 25.0. The zero-order valence-corrected chi connectivity index (χ0v) is 17.9. The molecule has 1 heterocycles. The number of anilines is 2. The van der Waals surface area contributed by atoms with E-state index in [1.165, 1.54) is 6.07 Å². The van der Waals surface area contributed by atoms with Crippen LogP contribution in [0.1, 0.15) is 6.42 Å². The second-order valence-electron chi connectivity index (χ2n) is 7.41. The smallest absolute Gasteiger partial charge is 0.161 e. The molecule has 8 heteroatoms. The Hall–Kier alpha value is -2.90. The van der Waals surface area contributed by atoms with E-state index in [0.29, 0.717) is 18.0 Å². The molecular formula is C22H24ClFN4O2. The molecule has 158 valence electrons. The van der Waals surface area contributed by atoms with Gasteiger partial charge in [0.2, 0.25) is 0 Å². The van der Waals surface area contributed by atoms with Crippen molar-refractivity contribution in [3.63, 3.8) is 0 Å². The van der Waals surface area contributed by atoms with Crippen LogP contribution in [0.15, 0.2) is 36.4 Å². The molecule has 0 unspecified atom stereocenters. The SMILES string of the molecule is COc1cc2c3[nH][nH]c(Nc4ccc(F)c(Cl)c4)c-3cc2cc1OCCCN(C)C. The second-order valence-corrected chi connectivity index (χ2v) is 7.81. The van der Waals surface area contributed by atoms with Gasteiger partial charge < -0.3 is 19.7 Å². The molecular weight excluding hydrogens is 407 g/mol. The Bertz CT molecular complexity index is 1140. The number of nitrogens with one attached hydrogen (secondary N) is 3. The molecule has 2 aromatic carbocycles. The lowest BCUT2D eigenvalue weighted by Gasteiger charge is -2.13. The van der Waals surface area contributed by atoms with Crippen LogP contribution in [-0.4, -0.2) is 49.5 Å². The average molecular weight is 431 g/mol. The number of methoxy groups -OCH3 is 1. The van der Waals surface area contributed by atoms with Crippen molar-refractivity contribution in [3.8, 4) is 22.8 Å². The molecule has 1 aliphatic carbocycles. The van der Waals surface area contributed by atoms with Crippen LogP contribution in [0, 0.1) is 5.82 Å². The first kappa shape index (κ1) is 20.4. The number of halogens is 2. The molecule has 0 fully saturated rings. The Morgan fingerprint density at radius 3 is 2.67 bits per heavy atom. The topological polar surface area (TPSA) is 65.3 Å². The number of ether oxygens (including phenoxy) is 2. The number of fused-ring (bicyclic) bond motifs is 3. The lowest BCUT2D eigenvalue weighted by molar-refractivity contribution is 0.268. The van der Waals surface area contributed by atoms with Gasteiger partial charge in [0.15, 0.2) is 11.5 Å². The third-order valence-corrected chi connectivity index (χ3v) is 5.24. The maximum Gasteiger partial charge on any atom is 0.161 e. The number of H-pyrrole nitrogens is 2. The third-order valence-electron chi connectivity index (χ3n) is 4.95. The molecule has 0 saturated heterocycles. The molecule has 0 atom stereocenters. The van der Waals surface area contributed by atoms with Gasteiger partial charge in [0.1, 0.15) is 11.6 Å². The molecule has 6 nitrogen and oxygen atoms in total. The van der Waals surface area contributed by atoms with E-state index in [1.807, 2.05) is 26.2 Å². The van der Waals surface area contributed by atoms with E-state index in [2.05, 4.69) is 26.5 Å². The van der Waals surface area contributed by atoms with Crippen molar-refractivity contribution >= 4 is 33.9 Å². The molecule has 0 aromatic heterocycles. The molecule has 0 spiro atoms. The molecule has 4 rings (SSSR count). The summed E-state index contributed by atoms with van der Waals surface area (Å²) in [6.45, 7) is 1.58. The summed E-state index contributed by atoms with van der Waals surface area (Å²) >= 11 is 5.89. The molecule has 0 bridgehead atoms. The van der Waals surface area contributed by atoms with Gasteiger partial charge in [-0.1, -0.05) is 11.6 Å². The Morgan fingerprint density at radius 1 is 1.10 bits per heavy atom. The lowest BCUT2D eigenvalue weighted by Crippen LogP contribution is -2.15. The number of nitrogens with zero attached hydrogens (tertiary/aromatic N) is 1. The predicted octanol–water partition coefficient (Wildman–Crippen LogP) is 5.48. The monoisotopic (exact) mass is 430 g/mol. The highest BCUT2D eigenvalue weighted by Gasteiger charge is 2.20. The first-order valence-corrected chi connectivity index (χ1v) is 10.0. The van der Waals surface area contributed by atoms with Crippen LogP contribution in [0.2, 0.25) is 5.02 Å². The van der Waals surface area contributed by atoms with Crippen LogP contribution in [-0.2, 0) is 0 Å². The van der Waals surface area contributed by atoms with E-state index in [-0.39, 0.29) is 5.02 Å². The van der Waals surface area contributed by atoms with Crippen molar-refractivity contribution in [2.75, 3.05) is 39.7 Å². The number of hydrogen-bond acceptors (Lipinski definition) is 4. The third kappa shape index (κ3) is 4.04. The summed E-state index contributed by atoms with van der Waals surface area (Å²) in [7, 11) is 5.72. The number of rotatable bonds is 8. The maximum absolute atomic E-state index is 13.4. The highest BCUT2D eigenvalue weighted by molar-refractivity contribution is 6.31. The first-order chi connectivity index (χ1) is 14.5. The highest BCUT2D eigenvalue weighted by Crippen LogP contribution is 2.43. The predicted molar refractivity (Wildman–Crippen MR) is 119 cm³/mol. The minimum Gasteiger partial charge on any atom is -0.493 e. The lowest BCUT2D eigenvalue weighted by atomic mass is 10.2. The van der Waals surface area contributed by atoms with Crippen LogP contribution in [0.3, 0.4) is 0 Å². The van der Waals surface area contributed by atoms with E-state index >= 15 is 0 Å². The van der Waals surface area contributed by atoms with Crippen molar-refractivity contribution in [2.24, 2.45) is 0 Å². The molecule has 1 aliphatic heterocycles. The van der Waals surface area contributed by atoms with Gasteiger partial charge >= 0.3 is 0 Å². The van der Waals surface area contributed by atoms with Gasteiger partial charge in [0, 0.05) is 23.2 Å². The normalized spacial score (nSPS) is 11.5. The molecule has 3 N–H and O–H groups in total. The van der Waals surface area contributed by atoms with Crippen molar-refractivity contribution in [2.45, 2.75) is 6.42 Å². The van der Waals surface area contributed by atoms with Crippen LogP contribution < -0.4 is 14.8 Å². The van der Waals surface area contributed by atoms with E-state index in [0.717, 1.165) is 46.6 Å². The number of aromatic nitrogens is 2. The summed E-state index contributed by atoms with van der Waals surface area (Å²) in [5.41, 5.74) is 2.60. The van der Waals surface area contributed by atoms with Gasteiger partial charge in [-0.3, -0.25) is 10.2 Å². The van der Waals surface area contributed by atoms with Crippen molar-refractivity contribution in [1.29, 1.82) is 0 Å². The molecule has 2 aliphatic rings. The zero-order valence-electron chi connectivity index (χ0n) is 17.1. The number of hydrogen-bond donors (Lipinski definition) is 3. The average Bonchev–Trinajstić information content (AvgIpc) is 3.26. The molecule has 0 radical (unpaired) electrons. The highest BCUT2D eigenvalue weighted by atomic mass is 35.5. The minimum atomic E-state index is -0.449. The van der Waals surface area contributed by atoms with E-state index in [9.17, 15) is 4.39 Å². The molecule has 2 aromatic rings. The fourth-order valence-electron chi connectivity index (χ4n) is 3.46. The Kier molecular flexibility index (Phi) is 5.74. The Labute approximate surface area is 179 Å². The Morgan fingerprint density at radius 2 is 1.93 bits per heavy atom. The second kappa shape index (κ2) is 8.45. The summed E-state index contributed by atoms with van der Waals surface area (Å²) in [5, 5.41) is 11.7. The van der Waals surface area contributed by atoms with Gasteiger partial charge in [-0.05, 0) is 62.3 Å². The molecule has 0 amide bonds. The van der Waals surface area contributed by atoms with Crippen molar-refractivity contribution in [3.05, 3.63) is 47.2 Å². The van der Waals surface area contributed by atoms with E-state index in [1.54, 1.807) is 19.2 Å². The van der Waals surface area contributed by atoms with E-state index in [4.69, 9.17) is 21.1 Å². The van der Waals surface area contributed by atoms with Crippen LogP contribution in [0.25, 0.3) is 22.0 Å². The van der Waals surface area contributed by atoms with Gasteiger partial charge in [-0.15, -0.1) is 0 Å². The quantitative estimate of drug-likeness (QED) is 0.324. The fraction of sp³-hybridized carbons (Fsp3) is 0.273. The first-order valence-electron chi connectivity index (χ1n) is 9.66. The van der Waals surface area contributed by atoms with Gasteiger partial charge in [0.05, 0.1) is 24.4 Å². The molecule has 0 saturated carbocycles. The summed E-state index contributed by atoms with van der Waals surface area (Å²) in [5.74, 6) is 1.72. The number of aromatic amines is 2. The van der Waals surface area contributed by atoms with Crippen molar-refractivity contribution in [1.82, 2.24) is 15.1 Å². The zero-order chi connectivity index (χ0) is 21.3. The van der Waals surface area contributed by atoms with Gasteiger partial charge in [-0.2, -0.15) is 0 Å². The summed E-state index contributed by atoms with van der Waals surface area (Å²) in [6.07, 6.45) is 0.930. The minimum absolute atomic E-state index is 0.0697. The fourth-order valence-corrected chi connectivity index (χ4v) is 3.64. The summed E-state index contributed by atoms with van der Waals surface area (Å²) in [6, 6.07) is 10.6. The maximum atomic E-state index is 13.4. The van der Waals surface area contributed by atoms with E-state index < -0.39 is 5.82 Å². The van der Waals surface area contributed by atoms with Gasteiger partial charge in [0.25, 0.3) is 0 Å². The van der Waals surface area contributed by atoms with Gasteiger partial charge in [-0.25, -0.2) is 4.39 Å².